The molecule has 8 aromatic carbocycles. The molecule has 0 N–H and O–H groups in total. The minimum absolute atomic E-state index is 0.00929. The van der Waals surface area contributed by atoms with Crippen LogP contribution in [0.4, 0.5) is 17.1 Å². The highest BCUT2D eigenvalue weighted by Gasteiger charge is 2.52. The average molecular weight is 802 g/mol. The van der Waals surface area contributed by atoms with Crippen LogP contribution in [0.2, 0.25) is 0 Å². The Kier molecular flexibility index (Phi) is 8.24. The molecule has 1 spiro atoms. The van der Waals surface area contributed by atoms with E-state index in [0.717, 1.165) is 17.1 Å². The van der Waals surface area contributed by atoms with Gasteiger partial charge in [0.05, 0.1) is 5.41 Å². The van der Waals surface area contributed by atoms with Gasteiger partial charge in [0.15, 0.2) is 0 Å². The molecule has 0 aromatic heterocycles. The number of hydrogen-bond donors (Lipinski definition) is 0. The maximum absolute atomic E-state index is 2.55. The molecule has 0 saturated carbocycles. The van der Waals surface area contributed by atoms with Crippen LogP contribution in [0.25, 0.3) is 44.5 Å². The van der Waals surface area contributed by atoms with Gasteiger partial charge in [0.25, 0.3) is 0 Å². The lowest BCUT2D eigenvalue weighted by Crippen LogP contribution is -2.27. The number of nitrogens with zero attached hydrogens (tertiary/aromatic N) is 1. The number of aryl methyl sites for hydroxylation is 1. The van der Waals surface area contributed by atoms with E-state index in [1.165, 1.54) is 94.6 Å². The van der Waals surface area contributed by atoms with Gasteiger partial charge < -0.3 is 4.90 Å². The molecule has 0 atom stereocenters. The van der Waals surface area contributed by atoms with Gasteiger partial charge >= 0.3 is 0 Å². The molecule has 0 saturated heterocycles. The molecule has 11 rings (SSSR count). The summed E-state index contributed by atoms with van der Waals surface area (Å²) < 4.78 is 0. The summed E-state index contributed by atoms with van der Waals surface area (Å²) in [6, 6.07) is 65.4. The maximum atomic E-state index is 2.55. The minimum Gasteiger partial charge on any atom is -0.310 e. The highest BCUT2D eigenvalue weighted by Crippen LogP contribution is 2.64. The van der Waals surface area contributed by atoms with E-state index in [1.807, 2.05) is 0 Å². The molecular formula is C61H55N. The molecule has 0 fully saturated rings. The van der Waals surface area contributed by atoms with E-state index in [0.29, 0.717) is 0 Å². The van der Waals surface area contributed by atoms with Crippen LogP contribution in [0.15, 0.2) is 170 Å². The smallest absolute Gasteiger partial charge is 0.0726 e. The minimum atomic E-state index is -0.494. The zero-order valence-corrected chi connectivity index (χ0v) is 37.6. The molecule has 1 heteroatoms. The molecular weight excluding hydrogens is 747 g/mol. The summed E-state index contributed by atoms with van der Waals surface area (Å²) in [5, 5.41) is 0. The van der Waals surface area contributed by atoms with Gasteiger partial charge in [-0.1, -0.05) is 194 Å². The predicted octanol–water partition coefficient (Wildman–Crippen LogP) is 16.4. The van der Waals surface area contributed by atoms with Crippen molar-refractivity contribution in [3.05, 3.63) is 220 Å². The van der Waals surface area contributed by atoms with Crippen molar-refractivity contribution in [2.45, 2.75) is 84.0 Å². The van der Waals surface area contributed by atoms with Crippen LogP contribution in [0.1, 0.15) is 105 Å². The van der Waals surface area contributed by atoms with Gasteiger partial charge in [-0.25, -0.2) is 0 Å². The second-order valence-electron chi connectivity index (χ2n) is 20.7. The van der Waals surface area contributed by atoms with Crippen LogP contribution in [-0.2, 0) is 21.7 Å². The van der Waals surface area contributed by atoms with Gasteiger partial charge in [-0.3, -0.25) is 0 Å². The standard InChI is InChI=1S/C61H55N/c1-38-21-23-39(24-22-38)40-15-14-16-43(33-40)62(44-27-31-48-46-17-10-12-19-52(46)60(8,9)54(48)36-44)45-28-32-51-47-18-11-13-20-53(47)61(57(51)37-45)55-34-41(58(2,3)4)25-29-49(55)50-30-26-42(35-56(50)61)59(5,6)7/h10-37H,1-9H3. The predicted molar refractivity (Wildman–Crippen MR) is 263 cm³/mol. The van der Waals surface area contributed by atoms with Crippen LogP contribution in [0, 0.1) is 6.92 Å². The quantitative estimate of drug-likeness (QED) is 0.171. The van der Waals surface area contributed by atoms with Crippen molar-refractivity contribution in [1.29, 1.82) is 0 Å². The molecule has 3 aliphatic rings. The molecule has 8 aromatic rings. The zero-order valence-electron chi connectivity index (χ0n) is 37.6. The zero-order chi connectivity index (χ0) is 42.9. The Labute approximate surface area is 368 Å². The summed E-state index contributed by atoms with van der Waals surface area (Å²) >= 11 is 0. The molecule has 0 radical (unpaired) electrons. The SMILES string of the molecule is Cc1ccc(-c2cccc(N(c3ccc4c(c3)C(C)(C)c3ccccc3-4)c3ccc4c(c3)C3(c5ccccc5-4)c4cc(C(C)(C)C)ccc4-c4ccc(C(C)(C)C)cc43)c2)cc1. The number of anilines is 3. The largest absolute Gasteiger partial charge is 0.310 e. The molecule has 3 aliphatic carbocycles. The molecule has 0 heterocycles. The molecule has 304 valence electrons. The Bertz CT molecular complexity index is 3060. The van der Waals surface area contributed by atoms with Gasteiger partial charge in [-0.2, -0.15) is 0 Å². The lowest BCUT2D eigenvalue weighted by Gasteiger charge is -2.34. The van der Waals surface area contributed by atoms with Crippen molar-refractivity contribution in [1.82, 2.24) is 0 Å². The fourth-order valence-electron chi connectivity index (χ4n) is 11.1. The Morgan fingerprint density at radius 2 is 0.806 bits per heavy atom. The third-order valence-corrected chi connectivity index (χ3v) is 14.5. The van der Waals surface area contributed by atoms with Crippen molar-refractivity contribution in [3.8, 4) is 44.5 Å². The van der Waals surface area contributed by atoms with Gasteiger partial charge in [-0.15, -0.1) is 0 Å². The maximum Gasteiger partial charge on any atom is 0.0726 e. The van der Waals surface area contributed by atoms with Crippen LogP contribution < -0.4 is 4.90 Å². The van der Waals surface area contributed by atoms with Crippen LogP contribution in [0.5, 0.6) is 0 Å². The van der Waals surface area contributed by atoms with Gasteiger partial charge in [0.2, 0.25) is 0 Å². The van der Waals surface area contributed by atoms with Crippen molar-refractivity contribution in [2.75, 3.05) is 4.90 Å². The lowest BCUT2D eigenvalue weighted by atomic mass is 9.68. The summed E-state index contributed by atoms with van der Waals surface area (Å²) in [6.45, 7) is 21.0. The fourth-order valence-corrected chi connectivity index (χ4v) is 11.1. The Balaban J connectivity index is 1.19. The first-order valence-corrected chi connectivity index (χ1v) is 22.4. The van der Waals surface area contributed by atoms with Crippen molar-refractivity contribution >= 4 is 17.1 Å². The fraction of sp³-hybridized carbons (Fsp3) is 0.213. The number of hydrogen-bond acceptors (Lipinski definition) is 1. The second kappa shape index (κ2) is 13.3. The summed E-state index contributed by atoms with van der Waals surface area (Å²) in [6.07, 6.45) is 0. The topological polar surface area (TPSA) is 3.24 Å². The monoisotopic (exact) mass is 801 g/mol. The van der Waals surface area contributed by atoms with E-state index >= 15 is 0 Å². The van der Waals surface area contributed by atoms with E-state index < -0.39 is 5.41 Å². The van der Waals surface area contributed by atoms with Crippen molar-refractivity contribution in [3.63, 3.8) is 0 Å². The van der Waals surface area contributed by atoms with E-state index in [2.05, 4.69) is 237 Å². The third-order valence-electron chi connectivity index (χ3n) is 14.5. The molecule has 1 nitrogen and oxygen atoms in total. The summed E-state index contributed by atoms with van der Waals surface area (Å²) in [5.41, 5.74) is 25.4. The molecule has 0 bridgehead atoms. The molecule has 0 aliphatic heterocycles. The Morgan fingerprint density at radius 1 is 0.355 bits per heavy atom. The normalized spacial score (nSPS) is 14.8. The highest BCUT2D eigenvalue weighted by atomic mass is 15.1. The van der Waals surface area contributed by atoms with Gasteiger partial charge in [-0.05, 0) is 143 Å². The Morgan fingerprint density at radius 3 is 1.39 bits per heavy atom. The number of rotatable bonds is 4. The number of fused-ring (bicyclic) bond motifs is 13. The third kappa shape index (κ3) is 5.53. The first-order chi connectivity index (χ1) is 29.7. The van der Waals surface area contributed by atoms with Crippen molar-refractivity contribution in [2.24, 2.45) is 0 Å². The summed E-state index contributed by atoms with van der Waals surface area (Å²) in [7, 11) is 0. The van der Waals surface area contributed by atoms with E-state index in [1.54, 1.807) is 0 Å². The van der Waals surface area contributed by atoms with Crippen LogP contribution in [0.3, 0.4) is 0 Å². The van der Waals surface area contributed by atoms with Gasteiger partial charge in [0.1, 0.15) is 0 Å². The number of benzene rings is 8. The van der Waals surface area contributed by atoms with E-state index in [4.69, 9.17) is 0 Å². The van der Waals surface area contributed by atoms with Crippen LogP contribution in [-0.4, -0.2) is 0 Å². The van der Waals surface area contributed by atoms with E-state index in [-0.39, 0.29) is 16.2 Å². The molecule has 0 unspecified atom stereocenters. The van der Waals surface area contributed by atoms with E-state index in [9.17, 15) is 0 Å². The molecule has 62 heavy (non-hydrogen) atoms. The lowest BCUT2D eigenvalue weighted by molar-refractivity contribution is 0.586. The second-order valence-corrected chi connectivity index (χ2v) is 20.7. The average Bonchev–Trinajstić information content (AvgIpc) is 3.81. The highest BCUT2D eigenvalue weighted by molar-refractivity contribution is 5.97. The van der Waals surface area contributed by atoms with Crippen molar-refractivity contribution < 1.29 is 0 Å². The summed E-state index contributed by atoms with van der Waals surface area (Å²) in [4.78, 5) is 2.52. The van der Waals surface area contributed by atoms with Gasteiger partial charge in [0, 0.05) is 22.5 Å². The van der Waals surface area contributed by atoms with Crippen LogP contribution >= 0.6 is 0 Å². The Hall–Kier alpha value is -6.44. The summed E-state index contributed by atoms with van der Waals surface area (Å²) in [5.74, 6) is 0. The first-order valence-electron chi connectivity index (χ1n) is 22.4. The molecule has 0 amide bonds. The first kappa shape index (κ1) is 38.5.